The number of fused-ring (bicyclic) bond motifs is 1. The van der Waals surface area contributed by atoms with Crippen LogP contribution in [0.25, 0.3) is 11.0 Å². The predicted octanol–water partition coefficient (Wildman–Crippen LogP) is 6.40. The molecule has 0 aliphatic carbocycles. The van der Waals surface area contributed by atoms with E-state index in [0.717, 1.165) is 46.2 Å². The van der Waals surface area contributed by atoms with Crippen molar-refractivity contribution < 1.29 is 4.74 Å². The van der Waals surface area contributed by atoms with Gasteiger partial charge in [0.2, 0.25) is 0 Å². The summed E-state index contributed by atoms with van der Waals surface area (Å²) < 4.78 is 8.10. The molecule has 3 aromatic carbocycles. The molecule has 1 heterocycles. The van der Waals surface area contributed by atoms with E-state index in [1.165, 1.54) is 0 Å². The van der Waals surface area contributed by atoms with Crippen LogP contribution in [0.4, 0.5) is 0 Å². The summed E-state index contributed by atoms with van der Waals surface area (Å²) in [5, 5.41) is 1.48. The van der Waals surface area contributed by atoms with Crippen LogP contribution in [0.3, 0.4) is 0 Å². The molecule has 0 aliphatic rings. The summed E-state index contributed by atoms with van der Waals surface area (Å²) in [5.74, 6) is 1.84. The van der Waals surface area contributed by atoms with Crippen LogP contribution in [-0.4, -0.2) is 16.2 Å². The molecular formula is C23H20Cl2N2O. The number of hydrogen-bond acceptors (Lipinski definition) is 2. The Morgan fingerprint density at radius 2 is 1.61 bits per heavy atom. The second-order valence-electron chi connectivity index (χ2n) is 6.59. The van der Waals surface area contributed by atoms with Gasteiger partial charge >= 0.3 is 0 Å². The first-order valence-corrected chi connectivity index (χ1v) is 10.0. The molecule has 0 radical (unpaired) electrons. The Balaban J connectivity index is 1.50. The monoisotopic (exact) mass is 410 g/mol. The summed E-state index contributed by atoms with van der Waals surface area (Å²) in [6.45, 7) is 1.45. The number of nitrogens with zero attached hydrogens (tertiary/aromatic N) is 2. The van der Waals surface area contributed by atoms with Crippen molar-refractivity contribution in [3.63, 3.8) is 0 Å². The highest BCUT2D eigenvalue weighted by molar-refractivity contribution is 6.31. The molecule has 0 amide bonds. The number of aromatic nitrogens is 2. The first-order chi connectivity index (χ1) is 13.7. The lowest BCUT2D eigenvalue weighted by molar-refractivity contribution is 0.302. The second-order valence-corrected chi connectivity index (χ2v) is 7.44. The largest absolute Gasteiger partial charge is 0.494 e. The zero-order chi connectivity index (χ0) is 19.3. The minimum atomic E-state index is 0.625. The summed E-state index contributed by atoms with van der Waals surface area (Å²) in [7, 11) is 0. The summed E-state index contributed by atoms with van der Waals surface area (Å²) in [4.78, 5) is 4.84. The number of hydrogen-bond donors (Lipinski definition) is 0. The Morgan fingerprint density at radius 3 is 2.43 bits per heavy atom. The van der Waals surface area contributed by atoms with Crippen LogP contribution in [0, 0.1) is 0 Å². The maximum absolute atomic E-state index is 6.36. The van der Waals surface area contributed by atoms with Crippen molar-refractivity contribution in [3.05, 3.63) is 94.2 Å². The molecule has 0 fully saturated rings. The Labute approximate surface area is 174 Å². The number of imidazole rings is 1. The van der Waals surface area contributed by atoms with Crippen LogP contribution in [0.5, 0.6) is 5.75 Å². The minimum absolute atomic E-state index is 0.625. The molecule has 5 heteroatoms. The quantitative estimate of drug-likeness (QED) is 0.329. The van der Waals surface area contributed by atoms with Gasteiger partial charge in [-0.15, -0.1) is 0 Å². The van der Waals surface area contributed by atoms with Crippen LogP contribution >= 0.6 is 23.2 Å². The third kappa shape index (κ3) is 4.32. The van der Waals surface area contributed by atoms with E-state index >= 15 is 0 Å². The predicted molar refractivity (Wildman–Crippen MR) is 116 cm³/mol. The molecule has 0 saturated heterocycles. The number of benzene rings is 3. The van der Waals surface area contributed by atoms with Crippen molar-refractivity contribution in [2.75, 3.05) is 6.61 Å². The third-order valence-corrected chi connectivity index (χ3v) is 5.27. The number of aryl methyl sites for hydroxylation is 1. The lowest BCUT2D eigenvalue weighted by Gasteiger charge is -2.11. The molecule has 0 aliphatic heterocycles. The van der Waals surface area contributed by atoms with Crippen molar-refractivity contribution in [2.45, 2.75) is 19.4 Å². The van der Waals surface area contributed by atoms with Crippen molar-refractivity contribution in [1.82, 2.24) is 9.55 Å². The molecule has 0 unspecified atom stereocenters. The highest BCUT2D eigenvalue weighted by atomic mass is 35.5. The van der Waals surface area contributed by atoms with E-state index in [4.69, 9.17) is 32.9 Å². The third-order valence-electron chi connectivity index (χ3n) is 4.65. The van der Waals surface area contributed by atoms with Crippen LogP contribution in [-0.2, 0) is 13.0 Å². The van der Waals surface area contributed by atoms with Gasteiger partial charge in [-0.1, -0.05) is 53.5 Å². The highest BCUT2D eigenvalue weighted by Gasteiger charge is 2.12. The molecule has 28 heavy (non-hydrogen) atoms. The van der Waals surface area contributed by atoms with Gasteiger partial charge in [0.1, 0.15) is 11.6 Å². The molecule has 4 rings (SSSR count). The number of halogens is 2. The van der Waals surface area contributed by atoms with Crippen LogP contribution in [0.15, 0.2) is 72.8 Å². The van der Waals surface area contributed by atoms with Crippen molar-refractivity contribution in [3.8, 4) is 5.75 Å². The van der Waals surface area contributed by atoms with Crippen LogP contribution < -0.4 is 4.74 Å². The Morgan fingerprint density at radius 1 is 0.857 bits per heavy atom. The Hall–Kier alpha value is -2.49. The van der Waals surface area contributed by atoms with E-state index in [-0.39, 0.29) is 0 Å². The van der Waals surface area contributed by atoms with E-state index in [0.29, 0.717) is 18.1 Å². The first kappa shape index (κ1) is 18.9. The summed E-state index contributed by atoms with van der Waals surface area (Å²) in [6.07, 6.45) is 1.57. The second kappa shape index (κ2) is 8.68. The smallest absolute Gasteiger partial charge is 0.119 e. The topological polar surface area (TPSA) is 27.1 Å². The molecule has 0 spiro atoms. The number of rotatable bonds is 7. The average Bonchev–Trinajstić information content (AvgIpc) is 3.05. The first-order valence-electron chi connectivity index (χ1n) is 9.26. The standard InChI is InChI=1S/C23H20Cl2N2O/c24-18-10-12-19(13-11-18)28-15-5-14-27-22-9-4-3-8-21(22)26-23(27)16-17-6-1-2-7-20(17)25/h1-4,6-13H,5,14-16H2. The van der Waals surface area contributed by atoms with Gasteiger partial charge in [0.05, 0.1) is 17.6 Å². The minimum Gasteiger partial charge on any atom is -0.494 e. The lowest BCUT2D eigenvalue weighted by Crippen LogP contribution is -2.08. The van der Waals surface area contributed by atoms with Gasteiger partial charge in [-0.2, -0.15) is 0 Å². The van der Waals surface area contributed by atoms with Gasteiger partial charge < -0.3 is 9.30 Å². The molecule has 1 aromatic heterocycles. The molecule has 4 aromatic rings. The number of ether oxygens (including phenoxy) is 1. The van der Waals surface area contributed by atoms with Gasteiger partial charge in [-0.05, 0) is 54.4 Å². The van der Waals surface area contributed by atoms with E-state index in [1.54, 1.807) is 0 Å². The molecule has 142 valence electrons. The van der Waals surface area contributed by atoms with E-state index in [9.17, 15) is 0 Å². The molecule has 0 N–H and O–H groups in total. The SMILES string of the molecule is Clc1ccc(OCCCn2c(Cc3ccccc3Cl)nc3ccccc32)cc1. The Bertz CT molecular complexity index is 1070. The zero-order valence-corrected chi connectivity index (χ0v) is 16.8. The van der Waals surface area contributed by atoms with Crippen molar-refractivity contribution in [1.29, 1.82) is 0 Å². The molecule has 3 nitrogen and oxygen atoms in total. The molecule has 0 saturated carbocycles. The fourth-order valence-corrected chi connectivity index (χ4v) is 3.59. The average molecular weight is 411 g/mol. The van der Waals surface area contributed by atoms with E-state index in [1.807, 2.05) is 60.7 Å². The fourth-order valence-electron chi connectivity index (χ4n) is 3.27. The van der Waals surface area contributed by atoms with E-state index < -0.39 is 0 Å². The zero-order valence-electron chi connectivity index (χ0n) is 15.3. The van der Waals surface area contributed by atoms with Crippen molar-refractivity contribution in [2.24, 2.45) is 0 Å². The molecular weight excluding hydrogens is 391 g/mol. The summed E-state index contributed by atoms with van der Waals surface area (Å²) >= 11 is 12.3. The Kier molecular flexibility index (Phi) is 5.84. The normalized spacial score (nSPS) is 11.1. The number of para-hydroxylation sites is 2. The maximum atomic E-state index is 6.36. The van der Waals surface area contributed by atoms with Crippen LogP contribution in [0.1, 0.15) is 17.8 Å². The van der Waals surface area contributed by atoms with Gasteiger partial charge in [0.15, 0.2) is 0 Å². The molecule has 0 bridgehead atoms. The van der Waals surface area contributed by atoms with Gasteiger partial charge in [-0.25, -0.2) is 4.98 Å². The fraction of sp³-hybridized carbons (Fsp3) is 0.174. The lowest BCUT2D eigenvalue weighted by atomic mass is 10.1. The van der Waals surface area contributed by atoms with Gasteiger partial charge in [0, 0.05) is 23.0 Å². The highest BCUT2D eigenvalue weighted by Crippen LogP contribution is 2.23. The molecule has 0 atom stereocenters. The summed E-state index contributed by atoms with van der Waals surface area (Å²) in [6, 6.07) is 23.6. The van der Waals surface area contributed by atoms with Crippen molar-refractivity contribution >= 4 is 34.2 Å². The van der Waals surface area contributed by atoms with Gasteiger partial charge in [-0.3, -0.25) is 0 Å². The van der Waals surface area contributed by atoms with Crippen LogP contribution in [0.2, 0.25) is 10.0 Å². The maximum Gasteiger partial charge on any atom is 0.119 e. The van der Waals surface area contributed by atoms with Gasteiger partial charge in [0.25, 0.3) is 0 Å². The summed E-state index contributed by atoms with van der Waals surface area (Å²) in [5.41, 5.74) is 3.22. The van der Waals surface area contributed by atoms with E-state index in [2.05, 4.69) is 16.7 Å².